The number of aromatic nitrogens is 3. The lowest BCUT2D eigenvalue weighted by molar-refractivity contribution is -0.136. The average Bonchev–Trinajstić information content (AvgIpc) is 3.24. The second kappa shape index (κ2) is 7.70. The molecule has 8 nitrogen and oxygen atoms in total. The van der Waals surface area contributed by atoms with E-state index in [-0.39, 0.29) is 15.8 Å². The first-order chi connectivity index (χ1) is 12.4. The van der Waals surface area contributed by atoms with Crippen molar-refractivity contribution in [1.82, 2.24) is 15.0 Å². The molecule has 2 N–H and O–H groups in total. The molecule has 0 aliphatic carbocycles. The average molecular weight is 429 g/mol. The van der Waals surface area contributed by atoms with Gasteiger partial charge in [-0.2, -0.15) is 0 Å². The fourth-order valence-corrected chi connectivity index (χ4v) is 5.80. The van der Waals surface area contributed by atoms with E-state index in [1.54, 1.807) is 23.7 Å². The minimum atomic E-state index is -3.88. The lowest BCUT2D eigenvalue weighted by atomic mass is 10.2. The Labute approximate surface area is 161 Å². The zero-order valence-electron chi connectivity index (χ0n) is 13.2. The van der Waals surface area contributed by atoms with E-state index in [1.807, 2.05) is 6.26 Å². The largest absolute Gasteiger partial charge is 0.481 e. The first kappa shape index (κ1) is 18.8. The van der Waals surface area contributed by atoms with Gasteiger partial charge in [0.2, 0.25) is 0 Å². The smallest absolute Gasteiger partial charge is 0.308 e. The Kier molecular flexibility index (Phi) is 5.55. The fraction of sp³-hybridized carbons (Fsp3) is 0.143. The Morgan fingerprint density at radius 2 is 2.15 bits per heavy atom. The van der Waals surface area contributed by atoms with E-state index >= 15 is 0 Å². The Morgan fingerprint density at radius 3 is 2.88 bits per heavy atom. The quantitative estimate of drug-likeness (QED) is 0.435. The highest BCUT2D eigenvalue weighted by atomic mass is 32.2. The molecule has 0 fully saturated rings. The topological polar surface area (TPSA) is 122 Å². The summed E-state index contributed by atoms with van der Waals surface area (Å²) in [7, 11) is -3.88. The summed E-state index contributed by atoms with van der Waals surface area (Å²) in [5.41, 5.74) is 0.985. The molecule has 3 heterocycles. The van der Waals surface area contributed by atoms with Crippen LogP contribution in [0.15, 0.2) is 39.3 Å². The SMILES string of the molecule is CSc1nccc(-c2ccsc2S(=O)(=O)Nc2ncc(CC(=O)O)s2)n1. The highest BCUT2D eigenvalue weighted by molar-refractivity contribution is 7.98. The third-order valence-electron chi connectivity index (χ3n) is 3.07. The van der Waals surface area contributed by atoms with Crippen LogP contribution >= 0.6 is 34.4 Å². The van der Waals surface area contributed by atoms with E-state index in [9.17, 15) is 13.2 Å². The number of anilines is 1. The number of carbonyl (C=O) groups is 1. The van der Waals surface area contributed by atoms with Crippen molar-refractivity contribution in [3.05, 3.63) is 34.8 Å². The summed E-state index contributed by atoms with van der Waals surface area (Å²) in [6.07, 6.45) is 4.56. The second-order valence-corrected chi connectivity index (χ2v) is 9.54. The summed E-state index contributed by atoms with van der Waals surface area (Å²) in [5, 5.41) is 11.1. The van der Waals surface area contributed by atoms with E-state index in [4.69, 9.17) is 5.11 Å². The molecule has 0 aliphatic rings. The first-order valence-corrected chi connectivity index (χ1v) is 11.4. The van der Waals surface area contributed by atoms with Gasteiger partial charge in [0.15, 0.2) is 10.3 Å². The Morgan fingerprint density at radius 1 is 1.35 bits per heavy atom. The standard InChI is InChI=1S/C14H12N4O4S4/c1-23-13-15-4-2-10(17-13)9-3-5-24-12(9)26(21,22)18-14-16-7-8(25-14)6-11(19)20/h2-5,7H,6H2,1H3,(H,16,18)(H,19,20). The zero-order chi connectivity index (χ0) is 18.7. The van der Waals surface area contributed by atoms with Crippen LogP contribution in [0.1, 0.15) is 4.88 Å². The molecule has 0 spiro atoms. The maximum absolute atomic E-state index is 12.7. The molecule has 3 aromatic heterocycles. The monoisotopic (exact) mass is 428 g/mol. The summed E-state index contributed by atoms with van der Waals surface area (Å²) < 4.78 is 28.0. The van der Waals surface area contributed by atoms with Crippen molar-refractivity contribution in [3.63, 3.8) is 0 Å². The molecule has 0 radical (unpaired) electrons. The molecule has 0 saturated carbocycles. The van der Waals surface area contributed by atoms with Gasteiger partial charge in [0, 0.05) is 22.8 Å². The van der Waals surface area contributed by atoms with Gasteiger partial charge in [-0.3, -0.25) is 9.52 Å². The summed E-state index contributed by atoms with van der Waals surface area (Å²) in [4.78, 5) is 23.6. The van der Waals surface area contributed by atoms with E-state index in [0.717, 1.165) is 22.7 Å². The van der Waals surface area contributed by atoms with Crippen molar-refractivity contribution in [2.75, 3.05) is 11.0 Å². The van der Waals surface area contributed by atoms with Crippen molar-refractivity contribution in [3.8, 4) is 11.3 Å². The number of hydrogen-bond donors (Lipinski definition) is 2. The molecule has 26 heavy (non-hydrogen) atoms. The van der Waals surface area contributed by atoms with Crippen LogP contribution in [-0.2, 0) is 21.2 Å². The number of hydrogen-bond acceptors (Lipinski definition) is 9. The molecule has 0 saturated heterocycles. The highest BCUT2D eigenvalue weighted by Crippen LogP contribution is 2.33. The number of thiazole rings is 1. The molecule has 0 aliphatic heterocycles. The van der Waals surface area contributed by atoms with E-state index < -0.39 is 16.0 Å². The van der Waals surface area contributed by atoms with Crippen LogP contribution in [0.2, 0.25) is 0 Å². The van der Waals surface area contributed by atoms with Crippen LogP contribution in [0.25, 0.3) is 11.3 Å². The predicted molar refractivity (Wildman–Crippen MR) is 101 cm³/mol. The van der Waals surface area contributed by atoms with Gasteiger partial charge in [0.25, 0.3) is 10.0 Å². The minimum absolute atomic E-state index is 0.109. The van der Waals surface area contributed by atoms with Crippen LogP contribution in [0, 0.1) is 0 Å². The molecule has 0 bridgehead atoms. The number of carboxylic acid groups (broad SMARTS) is 1. The van der Waals surface area contributed by atoms with Gasteiger partial charge in [-0.05, 0) is 23.8 Å². The number of rotatable bonds is 7. The molecule has 0 unspecified atom stereocenters. The lowest BCUT2D eigenvalue weighted by Gasteiger charge is -2.06. The predicted octanol–water partition coefficient (Wildman–Crippen LogP) is 2.81. The summed E-state index contributed by atoms with van der Waals surface area (Å²) in [6.45, 7) is 0. The summed E-state index contributed by atoms with van der Waals surface area (Å²) >= 11 is 3.42. The van der Waals surface area contributed by atoms with Gasteiger partial charge in [-0.1, -0.05) is 11.8 Å². The zero-order valence-corrected chi connectivity index (χ0v) is 16.5. The van der Waals surface area contributed by atoms with Gasteiger partial charge >= 0.3 is 5.97 Å². The van der Waals surface area contributed by atoms with Gasteiger partial charge < -0.3 is 5.11 Å². The molecule has 136 valence electrons. The molecule has 0 atom stereocenters. The first-order valence-electron chi connectivity index (χ1n) is 7.03. The van der Waals surface area contributed by atoms with Crippen molar-refractivity contribution >= 4 is 55.6 Å². The van der Waals surface area contributed by atoms with Gasteiger partial charge in [0.1, 0.15) is 4.21 Å². The third kappa shape index (κ3) is 4.20. The Balaban J connectivity index is 1.90. The molecule has 0 amide bonds. The van der Waals surface area contributed by atoms with Gasteiger partial charge in [-0.25, -0.2) is 23.4 Å². The minimum Gasteiger partial charge on any atom is -0.481 e. The Hall–Kier alpha value is -2.02. The van der Waals surface area contributed by atoms with Crippen LogP contribution < -0.4 is 4.72 Å². The van der Waals surface area contributed by atoms with Crippen LogP contribution in [0.4, 0.5) is 5.13 Å². The third-order valence-corrected chi connectivity index (χ3v) is 7.49. The van der Waals surface area contributed by atoms with E-state index in [1.165, 1.54) is 18.0 Å². The number of carboxylic acids is 1. The van der Waals surface area contributed by atoms with Crippen molar-refractivity contribution < 1.29 is 18.3 Å². The number of sulfonamides is 1. The normalized spacial score (nSPS) is 11.4. The highest BCUT2D eigenvalue weighted by Gasteiger charge is 2.23. The molecule has 0 aromatic carbocycles. The van der Waals surface area contributed by atoms with Crippen LogP contribution in [-0.4, -0.2) is 40.7 Å². The second-order valence-electron chi connectivity index (χ2n) is 4.86. The molecule has 3 rings (SSSR count). The molecular weight excluding hydrogens is 416 g/mol. The van der Waals surface area contributed by atoms with Crippen LogP contribution in [0.3, 0.4) is 0 Å². The number of aliphatic carboxylic acids is 1. The number of thioether (sulfide) groups is 1. The van der Waals surface area contributed by atoms with Crippen LogP contribution in [0.5, 0.6) is 0 Å². The van der Waals surface area contributed by atoms with Crippen molar-refractivity contribution in [2.45, 2.75) is 15.8 Å². The van der Waals surface area contributed by atoms with E-state index in [2.05, 4.69) is 19.7 Å². The van der Waals surface area contributed by atoms with Crippen molar-refractivity contribution in [2.24, 2.45) is 0 Å². The number of nitrogens with zero attached hydrogens (tertiary/aromatic N) is 3. The fourth-order valence-electron chi connectivity index (χ4n) is 2.03. The van der Waals surface area contributed by atoms with Crippen molar-refractivity contribution in [1.29, 1.82) is 0 Å². The van der Waals surface area contributed by atoms with E-state index in [0.29, 0.717) is 21.3 Å². The maximum atomic E-state index is 12.7. The summed E-state index contributed by atoms with van der Waals surface area (Å²) in [6, 6.07) is 3.33. The maximum Gasteiger partial charge on any atom is 0.308 e. The molecule has 3 aromatic rings. The Bertz CT molecular complexity index is 1040. The molecular formula is C14H12N4O4S4. The number of nitrogens with one attached hydrogen (secondary N) is 1. The number of thiophene rings is 1. The molecule has 12 heteroatoms. The lowest BCUT2D eigenvalue weighted by Crippen LogP contribution is -2.12. The van der Waals surface area contributed by atoms with Gasteiger partial charge in [-0.15, -0.1) is 22.7 Å². The summed E-state index contributed by atoms with van der Waals surface area (Å²) in [5.74, 6) is -1.00. The van der Waals surface area contributed by atoms with Gasteiger partial charge in [0.05, 0.1) is 12.1 Å².